The number of alkyl halides is 2. The molecular weight excluding hydrogens is 944 g/mol. The van der Waals surface area contributed by atoms with Crippen LogP contribution in [0.4, 0.5) is 0 Å². The van der Waals surface area contributed by atoms with Gasteiger partial charge in [-0.2, -0.15) is 0 Å². The number of esters is 2. The molecule has 0 amide bonds. The lowest BCUT2D eigenvalue weighted by molar-refractivity contribution is -0.147. The third-order valence-corrected chi connectivity index (χ3v) is 17.9. The van der Waals surface area contributed by atoms with Crippen LogP contribution in [0.5, 0.6) is 0 Å². The highest BCUT2D eigenvalue weighted by atomic mass is 35.5. The molecule has 0 unspecified atom stereocenters. The molecule has 0 bridgehead atoms. The van der Waals surface area contributed by atoms with Crippen molar-refractivity contribution >= 4 is 41.1 Å². The zero-order chi connectivity index (χ0) is 52.9. The molecule has 0 saturated heterocycles. The van der Waals surface area contributed by atoms with Gasteiger partial charge in [0, 0.05) is 12.2 Å². The van der Waals surface area contributed by atoms with Crippen molar-refractivity contribution in [3.8, 4) is 0 Å². The molecule has 418 valence electrons. The molecule has 8 nitrogen and oxygen atoms in total. The number of carboxylic acid groups (broad SMARTS) is 1. The number of aliphatic hydroxyl groups excluding tert-OH is 2. The molecule has 3 N–H and O–H groups in total. The number of aliphatic hydroxyl groups is 2. The molecule has 6 rings (SSSR count). The Morgan fingerprint density at radius 1 is 0.486 bits per heavy atom. The highest BCUT2D eigenvalue weighted by Gasteiger charge is 2.34. The van der Waals surface area contributed by atoms with E-state index in [1.807, 2.05) is 0 Å². The molecule has 0 heterocycles. The molecule has 6 saturated carbocycles. The van der Waals surface area contributed by atoms with Crippen LogP contribution in [0.2, 0.25) is 0 Å². The number of unbranched alkanes of at least 4 members (excludes halogenated alkanes) is 6. The zero-order valence-electron chi connectivity index (χ0n) is 46.2. The van der Waals surface area contributed by atoms with Gasteiger partial charge in [0.2, 0.25) is 0 Å². The lowest BCUT2D eigenvalue weighted by atomic mass is 9.70. The van der Waals surface area contributed by atoms with Crippen LogP contribution in [-0.4, -0.2) is 63.5 Å². The van der Waals surface area contributed by atoms with Crippen molar-refractivity contribution in [2.24, 2.45) is 53.3 Å². The minimum Gasteiger partial charge on any atom is -0.478 e. The molecule has 0 radical (unpaired) electrons. The molecule has 10 heteroatoms. The maximum atomic E-state index is 11.7. The van der Waals surface area contributed by atoms with E-state index in [9.17, 15) is 19.5 Å². The van der Waals surface area contributed by atoms with E-state index < -0.39 is 11.9 Å². The van der Waals surface area contributed by atoms with E-state index in [0.29, 0.717) is 0 Å². The molecule has 6 fully saturated rings. The largest absolute Gasteiger partial charge is 0.478 e. The number of ether oxygens (including phenoxy) is 2. The van der Waals surface area contributed by atoms with E-state index in [2.05, 4.69) is 40.5 Å². The van der Waals surface area contributed by atoms with Crippen molar-refractivity contribution in [2.45, 2.75) is 270 Å². The summed E-state index contributed by atoms with van der Waals surface area (Å²) in [5.41, 5.74) is 0.165. The van der Waals surface area contributed by atoms with Crippen LogP contribution in [0.3, 0.4) is 0 Å². The van der Waals surface area contributed by atoms with Gasteiger partial charge in [0.15, 0.2) is 0 Å². The molecule has 0 aromatic carbocycles. The smallest absolute Gasteiger partial charge is 0.336 e. The molecule has 72 heavy (non-hydrogen) atoms. The van der Waals surface area contributed by atoms with Crippen molar-refractivity contribution in [3.63, 3.8) is 0 Å². The summed E-state index contributed by atoms with van der Waals surface area (Å²) in [6.07, 6.45) is 50.4. The second-order valence-corrected chi connectivity index (χ2v) is 23.7. The first-order chi connectivity index (χ1) is 34.8. The topological polar surface area (TPSA) is 130 Å². The Morgan fingerprint density at radius 3 is 1.03 bits per heavy atom. The van der Waals surface area contributed by atoms with Gasteiger partial charge in [0.25, 0.3) is 0 Å². The van der Waals surface area contributed by atoms with Crippen molar-refractivity contribution in [3.05, 3.63) is 37.5 Å². The van der Waals surface area contributed by atoms with Crippen molar-refractivity contribution < 1.29 is 39.2 Å². The quantitative estimate of drug-likeness (QED) is 0.0448. The molecule has 0 spiro atoms. The van der Waals surface area contributed by atoms with Crippen LogP contribution in [0.25, 0.3) is 0 Å². The minimum absolute atomic E-state index is 0.0200. The second kappa shape index (κ2) is 41.3. The predicted molar refractivity (Wildman–Crippen MR) is 301 cm³/mol. The number of hydrogen-bond donors (Lipinski definition) is 3. The molecule has 0 aromatic rings. The van der Waals surface area contributed by atoms with Crippen LogP contribution in [0.15, 0.2) is 37.5 Å². The van der Waals surface area contributed by atoms with E-state index in [1.54, 1.807) is 0 Å². The fraction of sp³-hybridized carbons (Fsp3) is 0.855. The average Bonchev–Trinajstić information content (AvgIpc) is 3.40. The van der Waals surface area contributed by atoms with E-state index in [4.69, 9.17) is 42.9 Å². The Hall–Kier alpha value is -1.87. The third kappa shape index (κ3) is 28.9. The Bertz CT molecular complexity index is 1410. The molecule has 0 aliphatic heterocycles. The number of carboxylic acids is 1. The number of aliphatic carboxylic acids is 1. The maximum absolute atomic E-state index is 11.7. The number of carbonyl (C=O) groups is 3. The summed E-state index contributed by atoms with van der Waals surface area (Å²) in [7, 11) is 0. The van der Waals surface area contributed by atoms with Crippen LogP contribution in [0.1, 0.15) is 252 Å². The van der Waals surface area contributed by atoms with Crippen molar-refractivity contribution in [1.29, 1.82) is 0 Å². The number of hydrogen-bond acceptors (Lipinski definition) is 7. The Balaban J connectivity index is 0.000000346. The van der Waals surface area contributed by atoms with Gasteiger partial charge in [-0.15, -0.1) is 23.2 Å². The maximum Gasteiger partial charge on any atom is 0.336 e. The lowest BCUT2D eigenvalue weighted by Crippen LogP contribution is -2.30. The fourth-order valence-corrected chi connectivity index (χ4v) is 13.3. The summed E-state index contributed by atoms with van der Waals surface area (Å²) in [5, 5.41) is 26.3. The van der Waals surface area contributed by atoms with E-state index >= 15 is 0 Å². The first-order valence-corrected chi connectivity index (χ1v) is 30.9. The minimum atomic E-state index is -0.981. The second-order valence-electron chi connectivity index (χ2n) is 22.9. The van der Waals surface area contributed by atoms with Gasteiger partial charge in [-0.3, -0.25) is 0 Å². The first-order valence-electron chi connectivity index (χ1n) is 29.8. The normalized spacial score (nSPS) is 30.3. The van der Waals surface area contributed by atoms with Crippen LogP contribution >= 0.6 is 23.2 Å². The van der Waals surface area contributed by atoms with E-state index in [-0.39, 0.29) is 41.8 Å². The lowest BCUT2D eigenvalue weighted by Gasteiger charge is -2.37. The summed E-state index contributed by atoms with van der Waals surface area (Å²) in [6.45, 7) is 16.5. The first kappa shape index (κ1) is 66.2. The van der Waals surface area contributed by atoms with Gasteiger partial charge in [-0.05, 0) is 169 Å². The van der Waals surface area contributed by atoms with Gasteiger partial charge < -0.3 is 24.8 Å². The van der Waals surface area contributed by atoms with Crippen molar-refractivity contribution in [1.82, 2.24) is 0 Å². The summed E-state index contributed by atoms with van der Waals surface area (Å²) in [5.74, 6) is 6.88. The van der Waals surface area contributed by atoms with Gasteiger partial charge in [0.05, 0.1) is 23.6 Å². The fourth-order valence-electron chi connectivity index (χ4n) is 13.3. The summed E-state index contributed by atoms with van der Waals surface area (Å²) in [4.78, 5) is 32.2. The van der Waals surface area contributed by atoms with E-state index in [0.717, 1.165) is 97.9 Å². The Labute approximate surface area is 451 Å². The molecule has 0 aromatic heterocycles. The number of carbonyl (C=O) groups excluding carboxylic acids is 2. The van der Waals surface area contributed by atoms with Gasteiger partial charge in [-0.25, -0.2) is 14.4 Å². The summed E-state index contributed by atoms with van der Waals surface area (Å²) >= 11 is 9.53. The predicted octanol–water partition coefficient (Wildman–Crippen LogP) is 17.3. The zero-order valence-corrected chi connectivity index (χ0v) is 47.7. The molecule has 6 aliphatic rings. The van der Waals surface area contributed by atoms with Gasteiger partial charge >= 0.3 is 17.9 Å². The highest BCUT2D eigenvalue weighted by Crippen LogP contribution is 2.44. The van der Waals surface area contributed by atoms with Crippen LogP contribution in [-0.2, 0) is 23.9 Å². The van der Waals surface area contributed by atoms with Gasteiger partial charge in [0.1, 0.15) is 12.2 Å². The SMILES string of the molecule is C=C(CO)C(=O)OC1CCC(C2CCC(CCCCC)CC2)CC1.C=CC(=O)O.C=CC(=O)OC1CCC(C2CCC(CCCCC)CC2)CC1.CCCCCC1CCC(C2CCC(O)CC2)CC1.ClCCl. The van der Waals surface area contributed by atoms with Crippen LogP contribution < -0.4 is 0 Å². The Morgan fingerprint density at radius 2 is 0.764 bits per heavy atom. The summed E-state index contributed by atoms with van der Waals surface area (Å²) in [6, 6.07) is 0. The molecule has 0 atom stereocenters. The molecular formula is C62H108Cl2O8. The highest BCUT2D eigenvalue weighted by molar-refractivity contribution is 6.40. The van der Waals surface area contributed by atoms with Crippen LogP contribution in [0, 0.1) is 53.3 Å². The summed E-state index contributed by atoms with van der Waals surface area (Å²) < 4.78 is 10.8. The number of rotatable bonds is 21. The standard InChI is InChI=1S/C21H36O3.C20H34O2.C17H32O.C3H4O2.CH2Cl2/c1-3-4-5-6-17-7-9-18(10-8-17)19-11-13-20(14-12-19)24-21(23)16(2)15-22;1-3-5-6-7-16-8-10-17(11-9-16)18-12-14-19(15-13-18)22-20(21)4-2;1-2-3-4-5-14-6-8-15(9-7-14)16-10-12-17(18)13-11-16;1-2-3(4)5;2-1-3/h17-20,22H,2-15H2,1H3;4,16-19H,2-3,5-15H2,1H3;14-18H,2-13H2,1H3;2H,1H2,(H,4,5);1H2. The molecule has 6 aliphatic carbocycles. The third-order valence-electron chi connectivity index (χ3n) is 17.9. The Kier molecular flexibility index (Phi) is 38.0. The monoisotopic (exact) mass is 1050 g/mol. The van der Waals surface area contributed by atoms with Gasteiger partial charge in [-0.1, -0.05) is 156 Å². The van der Waals surface area contributed by atoms with Crippen molar-refractivity contribution in [2.75, 3.05) is 11.9 Å². The van der Waals surface area contributed by atoms with E-state index in [1.165, 1.54) is 199 Å². The average molecular weight is 1050 g/mol. The number of halogens is 2.